The first-order valence-corrected chi connectivity index (χ1v) is 5.11. The summed E-state index contributed by atoms with van der Waals surface area (Å²) in [6, 6.07) is 4.15. The van der Waals surface area contributed by atoms with Crippen LogP contribution in [0.2, 0.25) is 0 Å². The zero-order valence-electron chi connectivity index (χ0n) is 9.71. The van der Waals surface area contributed by atoms with Gasteiger partial charge in [-0.1, -0.05) is 51.3 Å². The van der Waals surface area contributed by atoms with Crippen LogP contribution in [0.15, 0.2) is 25.3 Å². The van der Waals surface area contributed by atoms with Crippen LogP contribution < -0.4 is 4.74 Å². The highest BCUT2D eigenvalue weighted by atomic mass is 16.5. The first-order chi connectivity index (χ1) is 7.15. The normalized spacial score (nSPS) is 10.1. The molecule has 0 saturated carbocycles. The summed E-state index contributed by atoms with van der Waals surface area (Å²) in [5.41, 5.74) is 3.29. The minimum Gasteiger partial charge on any atom is -0.496 e. The molecule has 80 valence electrons. The highest BCUT2D eigenvalue weighted by Gasteiger charge is 2.12. The van der Waals surface area contributed by atoms with E-state index in [1.54, 1.807) is 7.11 Å². The quantitative estimate of drug-likeness (QED) is 0.714. The molecule has 0 heterocycles. The maximum atomic E-state index is 5.45. The summed E-state index contributed by atoms with van der Waals surface area (Å²) >= 11 is 0. The zero-order valence-corrected chi connectivity index (χ0v) is 9.71. The Hall–Kier alpha value is -1.50. The number of hydrogen-bond donors (Lipinski definition) is 0. The van der Waals surface area contributed by atoms with Crippen molar-refractivity contribution in [2.45, 2.75) is 19.8 Å². The number of ether oxygens (including phenoxy) is 1. The molecule has 1 aromatic carbocycles. The predicted molar refractivity (Wildman–Crippen MR) is 67.3 cm³/mol. The molecule has 1 heteroatoms. The first-order valence-electron chi connectivity index (χ1n) is 5.11. The van der Waals surface area contributed by atoms with Crippen LogP contribution in [0.25, 0.3) is 12.2 Å². The minimum absolute atomic E-state index is 0.442. The Labute approximate surface area is 92.1 Å². The van der Waals surface area contributed by atoms with Gasteiger partial charge < -0.3 is 4.74 Å². The van der Waals surface area contributed by atoms with Crippen molar-refractivity contribution in [3.63, 3.8) is 0 Å². The molecule has 0 fully saturated rings. The number of benzene rings is 1. The number of rotatable bonds is 4. The van der Waals surface area contributed by atoms with Crippen molar-refractivity contribution in [3.05, 3.63) is 42.0 Å². The third-order valence-corrected chi connectivity index (χ3v) is 2.51. The summed E-state index contributed by atoms with van der Waals surface area (Å²) in [4.78, 5) is 0. The Bertz CT molecular complexity index is 375. The Balaban J connectivity index is 3.47. The van der Waals surface area contributed by atoms with Gasteiger partial charge in [-0.05, 0) is 17.0 Å². The van der Waals surface area contributed by atoms with Gasteiger partial charge in [-0.3, -0.25) is 0 Å². The highest BCUT2D eigenvalue weighted by molar-refractivity contribution is 5.70. The standard InChI is InChI=1S/C14H18O/c1-6-11-8-9-13(10(3)4)14(15-5)12(11)7-2/h6-10H,1-2H2,3-5H3. The van der Waals surface area contributed by atoms with Gasteiger partial charge in [-0.25, -0.2) is 0 Å². The fourth-order valence-electron chi connectivity index (χ4n) is 1.70. The molecule has 0 unspecified atom stereocenters. The molecule has 0 aromatic heterocycles. The number of methoxy groups -OCH3 is 1. The molecule has 0 aliphatic heterocycles. The van der Waals surface area contributed by atoms with Crippen LogP contribution in [-0.4, -0.2) is 7.11 Å². The van der Waals surface area contributed by atoms with E-state index in [2.05, 4.69) is 39.1 Å². The average molecular weight is 202 g/mol. The molecule has 0 spiro atoms. The predicted octanol–water partition coefficient (Wildman–Crippen LogP) is 4.10. The molecular weight excluding hydrogens is 184 g/mol. The second kappa shape index (κ2) is 4.83. The van der Waals surface area contributed by atoms with E-state index in [1.165, 1.54) is 5.56 Å². The van der Waals surface area contributed by atoms with Crippen LogP contribution in [0, 0.1) is 0 Å². The van der Waals surface area contributed by atoms with Crippen molar-refractivity contribution in [3.8, 4) is 5.75 Å². The van der Waals surface area contributed by atoms with Crippen molar-refractivity contribution in [1.29, 1.82) is 0 Å². The third-order valence-electron chi connectivity index (χ3n) is 2.51. The number of hydrogen-bond acceptors (Lipinski definition) is 1. The van der Waals surface area contributed by atoms with Crippen molar-refractivity contribution in [2.75, 3.05) is 7.11 Å². The van der Waals surface area contributed by atoms with Crippen LogP contribution in [0.1, 0.15) is 36.5 Å². The minimum atomic E-state index is 0.442. The second-order valence-corrected chi connectivity index (χ2v) is 3.75. The van der Waals surface area contributed by atoms with Crippen LogP contribution in [0.3, 0.4) is 0 Å². The first kappa shape index (κ1) is 11.6. The zero-order chi connectivity index (χ0) is 11.4. The smallest absolute Gasteiger partial charge is 0.130 e. The fraction of sp³-hybridized carbons (Fsp3) is 0.286. The summed E-state index contributed by atoms with van der Waals surface area (Å²) in [6.07, 6.45) is 3.64. The molecule has 0 saturated heterocycles. The third kappa shape index (κ3) is 2.12. The molecule has 0 atom stereocenters. The van der Waals surface area contributed by atoms with Crippen LogP contribution in [-0.2, 0) is 0 Å². The van der Waals surface area contributed by atoms with E-state index < -0.39 is 0 Å². The lowest BCUT2D eigenvalue weighted by molar-refractivity contribution is 0.406. The Morgan fingerprint density at radius 1 is 1.20 bits per heavy atom. The Kier molecular flexibility index (Phi) is 3.73. The van der Waals surface area contributed by atoms with Crippen LogP contribution in [0.4, 0.5) is 0 Å². The van der Waals surface area contributed by atoms with Gasteiger partial charge in [0, 0.05) is 5.56 Å². The van der Waals surface area contributed by atoms with Gasteiger partial charge in [0.25, 0.3) is 0 Å². The molecule has 0 aliphatic rings. The maximum absolute atomic E-state index is 5.45. The van der Waals surface area contributed by atoms with E-state index in [0.717, 1.165) is 16.9 Å². The summed E-state index contributed by atoms with van der Waals surface area (Å²) in [6.45, 7) is 11.9. The monoisotopic (exact) mass is 202 g/mol. The summed E-state index contributed by atoms with van der Waals surface area (Å²) < 4.78 is 5.45. The van der Waals surface area contributed by atoms with Crippen molar-refractivity contribution < 1.29 is 4.74 Å². The molecule has 0 radical (unpaired) electrons. The van der Waals surface area contributed by atoms with Gasteiger partial charge >= 0.3 is 0 Å². The van der Waals surface area contributed by atoms with Gasteiger partial charge in [0.05, 0.1) is 7.11 Å². The molecule has 0 N–H and O–H groups in total. The summed E-state index contributed by atoms with van der Waals surface area (Å²) in [5.74, 6) is 1.36. The maximum Gasteiger partial charge on any atom is 0.130 e. The van der Waals surface area contributed by atoms with E-state index in [4.69, 9.17) is 4.74 Å². The van der Waals surface area contributed by atoms with E-state index in [-0.39, 0.29) is 0 Å². The molecule has 1 aromatic rings. The van der Waals surface area contributed by atoms with Gasteiger partial charge in [0.15, 0.2) is 0 Å². The topological polar surface area (TPSA) is 9.23 Å². The lowest BCUT2D eigenvalue weighted by Gasteiger charge is -2.16. The van der Waals surface area contributed by atoms with Gasteiger partial charge in [-0.2, -0.15) is 0 Å². The average Bonchev–Trinajstić information content (AvgIpc) is 2.26. The largest absolute Gasteiger partial charge is 0.496 e. The van der Waals surface area contributed by atoms with Gasteiger partial charge in [-0.15, -0.1) is 0 Å². The van der Waals surface area contributed by atoms with Crippen molar-refractivity contribution in [1.82, 2.24) is 0 Å². The molecule has 1 rings (SSSR count). The summed E-state index contributed by atoms with van der Waals surface area (Å²) in [7, 11) is 1.70. The summed E-state index contributed by atoms with van der Waals surface area (Å²) in [5, 5.41) is 0. The lowest BCUT2D eigenvalue weighted by atomic mass is 9.95. The molecule has 0 aliphatic carbocycles. The van der Waals surface area contributed by atoms with E-state index in [1.807, 2.05) is 12.2 Å². The van der Waals surface area contributed by atoms with Gasteiger partial charge in [0.2, 0.25) is 0 Å². The Morgan fingerprint density at radius 2 is 1.87 bits per heavy atom. The van der Waals surface area contributed by atoms with E-state index in [0.29, 0.717) is 5.92 Å². The molecule has 1 nitrogen and oxygen atoms in total. The van der Waals surface area contributed by atoms with E-state index >= 15 is 0 Å². The van der Waals surface area contributed by atoms with Crippen LogP contribution in [0.5, 0.6) is 5.75 Å². The Morgan fingerprint density at radius 3 is 2.27 bits per heavy atom. The molecule has 15 heavy (non-hydrogen) atoms. The second-order valence-electron chi connectivity index (χ2n) is 3.75. The van der Waals surface area contributed by atoms with E-state index in [9.17, 15) is 0 Å². The van der Waals surface area contributed by atoms with Crippen LogP contribution >= 0.6 is 0 Å². The lowest BCUT2D eigenvalue weighted by Crippen LogP contribution is -1.98. The molecule has 0 bridgehead atoms. The van der Waals surface area contributed by atoms with Crippen molar-refractivity contribution in [2.24, 2.45) is 0 Å². The molecular formula is C14H18O. The van der Waals surface area contributed by atoms with Crippen molar-refractivity contribution >= 4 is 12.2 Å². The fourth-order valence-corrected chi connectivity index (χ4v) is 1.70. The molecule has 0 amide bonds. The highest BCUT2D eigenvalue weighted by Crippen LogP contribution is 2.33. The SMILES string of the molecule is C=Cc1ccc(C(C)C)c(OC)c1C=C. The van der Waals surface area contributed by atoms with Gasteiger partial charge in [0.1, 0.15) is 5.75 Å².